The lowest BCUT2D eigenvalue weighted by atomic mass is 10.1. The first-order valence-corrected chi connectivity index (χ1v) is 8.64. The van der Waals surface area contributed by atoms with Crippen molar-refractivity contribution < 1.29 is 4.79 Å². The number of hydrogen-bond donors (Lipinski definition) is 2. The van der Waals surface area contributed by atoms with E-state index in [2.05, 4.69) is 15.3 Å². The molecule has 0 atom stereocenters. The molecule has 6 heteroatoms. The molecule has 2 aromatic carbocycles. The van der Waals surface area contributed by atoms with Crippen molar-refractivity contribution in [3.63, 3.8) is 0 Å². The van der Waals surface area contributed by atoms with Crippen molar-refractivity contribution >= 4 is 22.8 Å². The molecule has 4 aromatic rings. The van der Waals surface area contributed by atoms with Crippen LogP contribution in [0.25, 0.3) is 16.7 Å². The molecule has 0 aliphatic heterocycles. The van der Waals surface area contributed by atoms with Crippen LogP contribution < -0.4 is 11.1 Å². The number of benzene rings is 2. The van der Waals surface area contributed by atoms with E-state index in [0.717, 1.165) is 16.5 Å². The lowest BCUT2D eigenvalue weighted by Gasteiger charge is -2.08. The van der Waals surface area contributed by atoms with Gasteiger partial charge < -0.3 is 15.6 Å². The van der Waals surface area contributed by atoms with Crippen LogP contribution in [0.1, 0.15) is 21.5 Å². The number of nitrogens with one attached hydrogen (secondary N) is 1. The van der Waals surface area contributed by atoms with Gasteiger partial charge in [0, 0.05) is 29.9 Å². The molecule has 0 saturated carbocycles. The van der Waals surface area contributed by atoms with Crippen molar-refractivity contribution in [3.05, 3.63) is 83.7 Å². The lowest BCUT2D eigenvalue weighted by molar-refractivity contribution is 0.0952. The minimum Gasteiger partial charge on any atom is -0.368 e. The second kappa shape index (κ2) is 6.92. The van der Waals surface area contributed by atoms with Gasteiger partial charge in [0.15, 0.2) is 0 Å². The SMILES string of the molecule is Cc1ccc(CNC(=O)c2cccc3c2ccn3-c2ccnc(N)n2)cc1. The van der Waals surface area contributed by atoms with E-state index in [1.165, 1.54) is 5.56 Å². The number of aromatic nitrogens is 3. The van der Waals surface area contributed by atoms with Crippen molar-refractivity contribution in [2.24, 2.45) is 0 Å². The first-order chi connectivity index (χ1) is 13.1. The molecular formula is C21H19N5O. The summed E-state index contributed by atoms with van der Waals surface area (Å²) in [4.78, 5) is 20.9. The Kier molecular flexibility index (Phi) is 4.30. The summed E-state index contributed by atoms with van der Waals surface area (Å²) in [6.07, 6.45) is 3.49. The zero-order chi connectivity index (χ0) is 18.8. The molecule has 0 aliphatic carbocycles. The summed E-state index contributed by atoms with van der Waals surface area (Å²) in [5.74, 6) is 0.761. The summed E-state index contributed by atoms with van der Waals surface area (Å²) in [5.41, 5.74) is 9.46. The summed E-state index contributed by atoms with van der Waals surface area (Å²) in [6.45, 7) is 2.53. The van der Waals surface area contributed by atoms with Crippen molar-refractivity contribution in [2.75, 3.05) is 5.73 Å². The average Bonchev–Trinajstić information content (AvgIpc) is 3.11. The normalized spacial score (nSPS) is 10.9. The molecule has 0 radical (unpaired) electrons. The van der Waals surface area contributed by atoms with Crippen molar-refractivity contribution in [3.8, 4) is 5.82 Å². The summed E-state index contributed by atoms with van der Waals surface area (Å²) >= 11 is 0. The molecule has 0 fully saturated rings. The van der Waals surface area contributed by atoms with Gasteiger partial charge in [-0.15, -0.1) is 0 Å². The Morgan fingerprint density at radius 2 is 1.93 bits per heavy atom. The number of nitrogens with zero attached hydrogens (tertiary/aromatic N) is 3. The smallest absolute Gasteiger partial charge is 0.252 e. The zero-order valence-electron chi connectivity index (χ0n) is 14.9. The Hall–Kier alpha value is -3.67. The van der Waals surface area contributed by atoms with E-state index in [9.17, 15) is 4.79 Å². The van der Waals surface area contributed by atoms with Crippen LogP contribution in [0.3, 0.4) is 0 Å². The number of carbonyl (C=O) groups excluding carboxylic acids is 1. The number of amides is 1. The predicted octanol–water partition coefficient (Wildman–Crippen LogP) is 3.24. The van der Waals surface area contributed by atoms with Crippen molar-refractivity contribution in [1.82, 2.24) is 19.9 Å². The third kappa shape index (κ3) is 3.37. The Bertz CT molecular complexity index is 1120. The van der Waals surface area contributed by atoms with Gasteiger partial charge in [0.05, 0.1) is 5.52 Å². The molecule has 2 heterocycles. The van der Waals surface area contributed by atoms with E-state index < -0.39 is 0 Å². The molecule has 0 spiro atoms. The molecule has 0 unspecified atom stereocenters. The summed E-state index contributed by atoms with van der Waals surface area (Å²) < 4.78 is 1.89. The third-order valence-corrected chi connectivity index (χ3v) is 4.46. The largest absolute Gasteiger partial charge is 0.368 e. The first kappa shape index (κ1) is 16.8. The summed E-state index contributed by atoms with van der Waals surface area (Å²) in [7, 11) is 0. The standard InChI is InChI=1S/C21H19N5O/c1-14-5-7-15(8-6-14)13-24-20(27)17-3-2-4-18-16(17)10-12-26(18)19-9-11-23-21(22)25-19/h2-12H,13H2,1H3,(H,24,27)(H2,22,23,25). The fourth-order valence-corrected chi connectivity index (χ4v) is 3.05. The molecule has 134 valence electrons. The second-order valence-electron chi connectivity index (χ2n) is 6.37. The van der Waals surface area contributed by atoms with Crippen LogP contribution in [0.5, 0.6) is 0 Å². The molecule has 0 aliphatic rings. The Morgan fingerprint density at radius 1 is 1.11 bits per heavy atom. The molecule has 0 saturated heterocycles. The molecule has 2 aromatic heterocycles. The maximum Gasteiger partial charge on any atom is 0.252 e. The Morgan fingerprint density at radius 3 is 2.70 bits per heavy atom. The fourth-order valence-electron chi connectivity index (χ4n) is 3.05. The maximum absolute atomic E-state index is 12.7. The number of nitrogen functional groups attached to an aromatic ring is 1. The van der Waals surface area contributed by atoms with Crippen molar-refractivity contribution in [2.45, 2.75) is 13.5 Å². The van der Waals surface area contributed by atoms with Gasteiger partial charge >= 0.3 is 0 Å². The monoisotopic (exact) mass is 357 g/mol. The van der Waals surface area contributed by atoms with Gasteiger partial charge in [-0.2, -0.15) is 4.98 Å². The first-order valence-electron chi connectivity index (χ1n) is 8.64. The quantitative estimate of drug-likeness (QED) is 0.587. The van der Waals surface area contributed by atoms with Crippen molar-refractivity contribution in [1.29, 1.82) is 0 Å². The van der Waals surface area contributed by atoms with Gasteiger partial charge in [-0.05, 0) is 36.8 Å². The van der Waals surface area contributed by atoms with E-state index in [0.29, 0.717) is 17.9 Å². The number of anilines is 1. The number of hydrogen-bond acceptors (Lipinski definition) is 4. The van der Waals surface area contributed by atoms with Crippen LogP contribution in [-0.4, -0.2) is 20.4 Å². The van der Waals surface area contributed by atoms with E-state index in [-0.39, 0.29) is 11.9 Å². The molecular weight excluding hydrogens is 338 g/mol. The highest BCUT2D eigenvalue weighted by Crippen LogP contribution is 2.23. The minimum atomic E-state index is -0.110. The zero-order valence-corrected chi connectivity index (χ0v) is 14.9. The third-order valence-electron chi connectivity index (χ3n) is 4.46. The maximum atomic E-state index is 12.7. The minimum absolute atomic E-state index is 0.110. The predicted molar refractivity (Wildman–Crippen MR) is 106 cm³/mol. The molecule has 1 amide bonds. The van der Waals surface area contributed by atoms with Crippen LogP contribution in [-0.2, 0) is 6.54 Å². The van der Waals surface area contributed by atoms with Crippen LogP contribution in [0, 0.1) is 6.92 Å². The highest BCUT2D eigenvalue weighted by Gasteiger charge is 2.13. The summed E-state index contributed by atoms with van der Waals surface area (Å²) in [6, 6.07) is 17.4. The van der Waals surface area contributed by atoms with Gasteiger partial charge in [-0.25, -0.2) is 4.98 Å². The van der Waals surface area contributed by atoms with Crippen LogP contribution >= 0.6 is 0 Å². The highest BCUT2D eigenvalue weighted by molar-refractivity contribution is 6.06. The summed E-state index contributed by atoms with van der Waals surface area (Å²) in [5, 5.41) is 3.85. The molecule has 27 heavy (non-hydrogen) atoms. The van der Waals surface area contributed by atoms with Gasteiger partial charge in [-0.1, -0.05) is 35.9 Å². The van der Waals surface area contributed by atoms with E-state index in [1.54, 1.807) is 12.3 Å². The van der Waals surface area contributed by atoms with Gasteiger partial charge in [-0.3, -0.25) is 4.79 Å². The van der Waals surface area contributed by atoms with E-state index in [1.807, 2.05) is 66.2 Å². The molecule has 0 bridgehead atoms. The van der Waals surface area contributed by atoms with Gasteiger partial charge in [0.25, 0.3) is 5.91 Å². The second-order valence-corrected chi connectivity index (χ2v) is 6.37. The fraction of sp³-hybridized carbons (Fsp3) is 0.0952. The number of fused-ring (bicyclic) bond motifs is 1. The number of rotatable bonds is 4. The number of nitrogens with two attached hydrogens (primary N) is 1. The van der Waals surface area contributed by atoms with Crippen LogP contribution in [0.2, 0.25) is 0 Å². The highest BCUT2D eigenvalue weighted by atomic mass is 16.1. The lowest BCUT2D eigenvalue weighted by Crippen LogP contribution is -2.22. The Balaban J connectivity index is 1.62. The van der Waals surface area contributed by atoms with Crippen LogP contribution in [0.4, 0.5) is 5.95 Å². The Labute approximate surface area is 156 Å². The van der Waals surface area contributed by atoms with Gasteiger partial charge in [0.2, 0.25) is 5.95 Å². The van der Waals surface area contributed by atoms with E-state index in [4.69, 9.17) is 5.73 Å². The van der Waals surface area contributed by atoms with Crippen LogP contribution in [0.15, 0.2) is 67.0 Å². The topological polar surface area (TPSA) is 85.8 Å². The number of aryl methyl sites for hydroxylation is 1. The average molecular weight is 357 g/mol. The van der Waals surface area contributed by atoms with Gasteiger partial charge in [0.1, 0.15) is 5.82 Å². The molecule has 6 nitrogen and oxygen atoms in total. The molecule has 4 rings (SSSR count). The number of carbonyl (C=O) groups is 1. The molecule has 3 N–H and O–H groups in total. The van der Waals surface area contributed by atoms with E-state index >= 15 is 0 Å².